The largest absolute Gasteiger partial charge is 0.360 e. The van der Waals surface area contributed by atoms with Crippen LogP contribution in [0.15, 0.2) is 49.2 Å². The Morgan fingerprint density at radius 3 is 2.84 bits per heavy atom. The fourth-order valence-electron chi connectivity index (χ4n) is 2.42. The first-order valence-electron chi connectivity index (χ1n) is 6.38. The van der Waals surface area contributed by atoms with E-state index in [-0.39, 0.29) is 0 Å². The van der Waals surface area contributed by atoms with E-state index in [1.54, 1.807) is 6.08 Å². The summed E-state index contributed by atoms with van der Waals surface area (Å²) in [6, 6.07) is 10.5. The van der Waals surface area contributed by atoms with Crippen molar-refractivity contribution in [1.29, 1.82) is 0 Å². The molecular weight excluding hydrogens is 232 g/mol. The minimum absolute atomic E-state index is 1.10. The highest BCUT2D eigenvalue weighted by Crippen LogP contribution is 2.25. The van der Waals surface area contributed by atoms with Crippen molar-refractivity contribution in [2.45, 2.75) is 6.92 Å². The van der Waals surface area contributed by atoms with Crippen LogP contribution in [0, 0.1) is 0 Å². The molecule has 19 heavy (non-hydrogen) atoms. The van der Waals surface area contributed by atoms with E-state index >= 15 is 0 Å². The van der Waals surface area contributed by atoms with Crippen LogP contribution >= 0.6 is 0 Å². The molecule has 0 amide bonds. The first kappa shape index (κ1) is 11.6. The molecule has 2 N–H and O–H groups in total. The Hall–Kier alpha value is -2.48. The van der Waals surface area contributed by atoms with E-state index in [1.165, 1.54) is 16.2 Å². The van der Waals surface area contributed by atoms with Crippen LogP contribution in [0.1, 0.15) is 6.92 Å². The van der Waals surface area contributed by atoms with Crippen molar-refractivity contribution < 1.29 is 0 Å². The van der Waals surface area contributed by atoms with E-state index in [4.69, 9.17) is 0 Å². The highest BCUT2D eigenvalue weighted by Gasteiger charge is 2.06. The van der Waals surface area contributed by atoms with Gasteiger partial charge in [-0.3, -0.25) is 0 Å². The molecule has 0 aliphatic carbocycles. The third-order valence-electron chi connectivity index (χ3n) is 3.36. The lowest BCUT2D eigenvalue weighted by molar-refractivity contribution is 1.32. The summed E-state index contributed by atoms with van der Waals surface area (Å²) in [5, 5.41) is 3.52. The van der Waals surface area contributed by atoms with E-state index in [1.807, 2.05) is 25.3 Å². The van der Waals surface area contributed by atoms with Crippen molar-refractivity contribution in [3.05, 3.63) is 59.8 Å². The van der Waals surface area contributed by atoms with Gasteiger partial charge in [0.2, 0.25) is 0 Å². The fourth-order valence-corrected chi connectivity index (χ4v) is 2.42. The molecule has 2 heteroatoms. The smallest absolute Gasteiger partial charge is 0.0486 e. The molecule has 0 atom stereocenters. The first-order valence-corrected chi connectivity index (χ1v) is 6.38. The average Bonchev–Trinajstić information content (AvgIpc) is 3.02. The van der Waals surface area contributed by atoms with Crippen LogP contribution in [-0.2, 0) is 0 Å². The number of aromatic nitrogens is 2. The molecule has 0 aliphatic rings. The van der Waals surface area contributed by atoms with Crippen LogP contribution in [0.2, 0.25) is 0 Å². The second-order valence-electron chi connectivity index (χ2n) is 4.49. The molecule has 0 spiro atoms. The molecule has 0 saturated carbocycles. The topological polar surface area (TPSA) is 31.6 Å². The molecular formula is C17H16N2. The molecule has 3 aromatic rings. The Bertz CT molecular complexity index is 847. The zero-order chi connectivity index (χ0) is 13.2. The Kier molecular flexibility index (Phi) is 2.84. The van der Waals surface area contributed by atoms with Crippen LogP contribution in [0.5, 0.6) is 0 Å². The van der Waals surface area contributed by atoms with Crippen LogP contribution in [0.25, 0.3) is 34.3 Å². The summed E-state index contributed by atoms with van der Waals surface area (Å²) in [6.07, 6.45) is 7.95. The molecule has 0 bridgehead atoms. The van der Waals surface area contributed by atoms with Gasteiger partial charge in [-0.05, 0) is 30.4 Å². The number of hydrogen-bond acceptors (Lipinski definition) is 0. The SMILES string of the molecule is C=C/C=c1/[nH]c(-c2c[nH]c3ccccc23)c/c1=C/C. The third kappa shape index (κ3) is 1.91. The van der Waals surface area contributed by atoms with Gasteiger partial charge in [0.25, 0.3) is 0 Å². The van der Waals surface area contributed by atoms with Crippen molar-refractivity contribution in [1.82, 2.24) is 9.97 Å². The standard InChI is InChI=1S/C17H16N2/c1-3-7-15-12(4-2)10-17(19-15)14-11-18-16-9-6-5-8-13(14)16/h3-11,18-19H,1H2,2H3/b12-4-,15-7+. The van der Waals surface area contributed by atoms with Crippen molar-refractivity contribution in [3.63, 3.8) is 0 Å². The van der Waals surface area contributed by atoms with Gasteiger partial charge in [0.1, 0.15) is 0 Å². The predicted molar refractivity (Wildman–Crippen MR) is 82.1 cm³/mol. The Labute approximate surface area is 111 Å². The van der Waals surface area contributed by atoms with Crippen molar-refractivity contribution in [2.75, 3.05) is 0 Å². The summed E-state index contributed by atoms with van der Waals surface area (Å²) in [7, 11) is 0. The third-order valence-corrected chi connectivity index (χ3v) is 3.36. The van der Waals surface area contributed by atoms with Gasteiger partial charge in [-0.25, -0.2) is 0 Å². The number of para-hydroxylation sites is 1. The van der Waals surface area contributed by atoms with Gasteiger partial charge in [0.15, 0.2) is 0 Å². The normalized spacial score (nSPS) is 13.3. The van der Waals surface area contributed by atoms with E-state index < -0.39 is 0 Å². The van der Waals surface area contributed by atoms with E-state index in [0.29, 0.717) is 0 Å². The van der Waals surface area contributed by atoms with Crippen LogP contribution < -0.4 is 10.6 Å². The lowest BCUT2D eigenvalue weighted by atomic mass is 10.1. The highest BCUT2D eigenvalue weighted by atomic mass is 14.7. The number of benzene rings is 1. The number of nitrogens with one attached hydrogen (secondary N) is 2. The molecule has 94 valence electrons. The first-order chi connectivity index (χ1) is 9.33. The van der Waals surface area contributed by atoms with Gasteiger partial charge >= 0.3 is 0 Å². The van der Waals surface area contributed by atoms with E-state index in [0.717, 1.165) is 16.6 Å². The Morgan fingerprint density at radius 1 is 1.21 bits per heavy atom. The highest BCUT2D eigenvalue weighted by molar-refractivity contribution is 5.94. The number of rotatable bonds is 2. The zero-order valence-corrected chi connectivity index (χ0v) is 10.9. The van der Waals surface area contributed by atoms with Crippen molar-refractivity contribution >= 4 is 23.1 Å². The van der Waals surface area contributed by atoms with Crippen LogP contribution in [0.4, 0.5) is 0 Å². The molecule has 3 rings (SSSR count). The van der Waals surface area contributed by atoms with Crippen molar-refractivity contribution in [2.24, 2.45) is 0 Å². The van der Waals surface area contributed by atoms with Gasteiger partial charge < -0.3 is 9.97 Å². The lowest BCUT2D eigenvalue weighted by Gasteiger charge is -1.94. The molecule has 0 radical (unpaired) electrons. The second kappa shape index (κ2) is 4.65. The van der Waals surface area contributed by atoms with Gasteiger partial charge in [-0.1, -0.05) is 36.9 Å². The molecule has 2 aromatic heterocycles. The monoisotopic (exact) mass is 248 g/mol. The van der Waals surface area contributed by atoms with Crippen LogP contribution in [0.3, 0.4) is 0 Å². The van der Waals surface area contributed by atoms with Gasteiger partial charge in [-0.2, -0.15) is 0 Å². The van der Waals surface area contributed by atoms with Gasteiger partial charge in [0.05, 0.1) is 0 Å². The van der Waals surface area contributed by atoms with Gasteiger partial charge in [0, 0.05) is 33.7 Å². The maximum Gasteiger partial charge on any atom is 0.0486 e. The summed E-state index contributed by atoms with van der Waals surface area (Å²) in [5.41, 5.74) is 3.48. The lowest BCUT2D eigenvalue weighted by Crippen LogP contribution is -2.20. The molecule has 2 nitrogen and oxygen atoms in total. The quantitative estimate of drug-likeness (QED) is 0.699. The number of allylic oxidation sites excluding steroid dienone is 1. The minimum Gasteiger partial charge on any atom is -0.360 e. The summed E-state index contributed by atoms with van der Waals surface area (Å²) < 4.78 is 0. The maximum atomic E-state index is 3.76. The van der Waals surface area contributed by atoms with E-state index in [9.17, 15) is 0 Å². The number of fused-ring (bicyclic) bond motifs is 1. The number of hydrogen-bond donors (Lipinski definition) is 2. The zero-order valence-electron chi connectivity index (χ0n) is 10.9. The molecule has 1 aromatic carbocycles. The average molecular weight is 248 g/mol. The fraction of sp³-hybridized carbons (Fsp3) is 0.0588. The van der Waals surface area contributed by atoms with Crippen LogP contribution in [-0.4, -0.2) is 9.97 Å². The predicted octanol–water partition coefficient (Wildman–Crippen LogP) is 2.93. The molecule has 0 fully saturated rings. The molecule has 0 aliphatic heterocycles. The Morgan fingerprint density at radius 2 is 2.05 bits per heavy atom. The van der Waals surface area contributed by atoms with Crippen molar-refractivity contribution in [3.8, 4) is 11.3 Å². The molecule has 2 heterocycles. The van der Waals surface area contributed by atoms with E-state index in [2.05, 4.69) is 46.9 Å². The summed E-state index contributed by atoms with van der Waals surface area (Å²) in [5.74, 6) is 0. The molecule has 0 saturated heterocycles. The Balaban J connectivity index is 2.28. The summed E-state index contributed by atoms with van der Waals surface area (Å²) in [6.45, 7) is 5.80. The second-order valence-corrected chi connectivity index (χ2v) is 4.49. The summed E-state index contributed by atoms with van der Waals surface area (Å²) >= 11 is 0. The number of aromatic amines is 2. The summed E-state index contributed by atoms with van der Waals surface area (Å²) in [4.78, 5) is 6.75. The van der Waals surface area contributed by atoms with Gasteiger partial charge in [-0.15, -0.1) is 0 Å². The maximum absolute atomic E-state index is 3.76. The molecule has 0 unspecified atom stereocenters. The minimum atomic E-state index is 1.10. The number of H-pyrrole nitrogens is 2.